The monoisotopic (exact) mass is 993 g/mol. The largest absolute Gasteiger partial charge is 0.459 e. The second kappa shape index (κ2) is 26.5. The Morgan fingerprint density at radius 1 is 0.847 bits per heavy atom. The summed E-state index contributed by atoms with van der Waals surface area (Å²) in [6.07, 6.45) is 20.6. The predicted molar refractivity (Wildman–Crippen MR) is 279 cm³/mol. The average molecular weight is 993 g/mol. The molecular weight excluding hydrogens is 913 g/mol. The first kappa shape index (κ1) is 54.4. The molecule has 0 spiro atoms. The number of carbonyl (C=O) groups excluding carboxylic acids is 2. The van der Waals surface area contributed by atoms with Crippen LogP contribution in [0.5, 0.6) is 28.7 Å². The molecule has 0 saturated heterocycles. The van der Waals surface area contributed by atoms with Crippen molar-refractivity contribution in [1.29, 1.82) is 0 Å². The summed E-state index contributed by atoms with van der Waals surface area (Å²) in [7, 11) is 0. The standard InChI is InChI=1S/C59H80N2O11/c1-6-8-9-10-11-12-13-14-15-20-33-66-57(65)61(39-42-26-28-52-53(35-42)68-41-67-52)54-38-50(60-72-58(3,4)5)48-36-44(23-16-18-30-62)47(25-17-19-31-63)55-49-37-46(70-45-24-21-22-43(34-45)40-64)27-29-51(49)71-59(54,56(48)55)69-32-7-2/h7,21-22,24,26-29,34-37,40,44,47,54-56,62-63H,2,6,8-20,23,25,30-33,38-39,41H2,1,3-5H3. The highest BCUT2D eigenvalue weighted by Crippen LogP contribution is 2.62. The van der Waals surface area contributed by atoms with Crippen molar-refractivity contribution in [3.8, 4) is 28.7 Å². The molecule has 392 valence electrons. The molecule has 1 amide bonds. The number of amides is 1. The smallest absolute Gasteiger partial charge is 0.410 e. The van der Waals surface area contributed by atoms with Gasteiger partial charge in [0.2, 0.25) is 12.6 Å². The van der Waals surface area contributed by atoms with Gasteiger partial charge >= 0.3 is 6.09 Å². The fourth-order valence-electron chi connectivity index (χ4n) is 11.1. The van der Waals surface area contributed by atoms with Crippen molar-refractivity contribution in [1.82, 2.24) is 4.90 Å². The van der Waals surface area contributed by atoms with Gasteiger partial charge in [-0.05, 0) is 118 Å². The molecule has 13 nitrogen and oxygen atoms in total. The zero-order valence-electron chi connectivity index (χ0n) is 43.3. The molecule has 3 aromatic carbocycles. The summed E-state index contributed by atoms with van der Waals surface area (Å²) in [6, 6.07) is 17.8. The lowest BCUT2D eigenvalue weighted by molar-refractivity contribution is -0.256. The Labute approximate surface area is 427 Å². The van der Waals surface area contributed by atoms with Crippen molar-refractivity contribution in [2.75, 3.05) is 33.2 Å². The lowest BCUT2D eigenvalue weighted by Crippen LogP contribution is -2.70. The molecule has 0 bridgehead atoms. The van der Waals surface area contributed by atoms with Gasteiger partial charge in [0.15, 0.2) is 11.5 Å². The molecule has 0 aromatic heterocycles. The number of aliphatic hydroxyl groups is 2. The number of oxime groups is 1. The van der Waals surface area contributed by atoms with Crippen LogP contribution in [-0.4, -0.2) is 83.9 Å². The normalized spacial score (nSPS) is 22.3. The van der Waals surface area contributed by atoms with Crippen molar-refractivity contribution in [3.63, 3.8) is 0 Å². The zero-order valence-corrected chi connectivity index (χ0v) is 43.3. The first-order chi connectivity index (χ1) is 35.0. The summed E-state index contributed by atoms with van der Waals surface area (Å²) in [5.74, 6) is 0.636. The van der Waals surface area contributed by atoms with Crippen LogP contribution in [0.4, 0.5) is 4.79 Å². The number of rotatable bonds is 29. The Morgan fingerprint density at radius 2 is 1.56 bits per heavy atom. The van der Waals surface area contributed by atoms with Crippen LogP contribution in [0.3, 0.4) is 0 Å². The number of ether oxygens (including phenoxy) is 6. The molecule has 2 N–H and O–H groups in total. The molecule has 0 radical (unpaired) electrons. The maximum absolute atomic E-state index is 15.2. The number of carbonyl (C=O) groups is 2. The number of benzene rings is 3. The average Bonchev–Trinajstić information content (AvgIpc) is 3.85. The van der Waals surface area contributed by atoms with E-state index in [2.05, 4.69) is 19.6 Å². The summed E-state index contributed by atoms with van der Waals surface area (Å²) in [5, 5.41) is 25.1. The van der Waals surface area contributed by atoms with Crippen molar-refractivity contribution in [3.05, 3.63) is 102 Å². The van der Waals surface area contributed by atoms with E-state index in [-0.39, 0.29) is 63.9 Å². The maximum atomic E-state index is 15.2. The number of aliphatic hydroxyl groups excluding tert-OH is 2. The van der Waals surface area contributed by atoms with Crippen LogP contribution in [-0.2, 0) is 20.9 Å². The highest BCUT2D eigenvalue weighted by molar-refractivity contribution is 6.03. The molecule has 6 atom stereocenters. The van der Waals surface area contributed by atoms with Gasteiger partial charge < -0.3 is 43.5 Å². The minimum absolute atomic E-state index is 0.00104. The second-order valence-corrected chi connectivity index (χ2v) is 20.9. The molecule has 72 heavy (non-hydrogen) atoms. The molecule has 13 heteroatoms. The summed E-state index contributed by atoms with van der Waals surface area (Å²) in [4.78, 5) is 35.1. The maximum Gasteiger partial charge on any atom is 0.410 e. The van der Waals surface area contributed by atoms with E-state index in [0.29, 0.717) is 52.9 Å². The van der Waals surface area contributed by atoms with E-state index < -0.39 is 29.4 Å². The molecule has 2 heterocycles. The van der Waals surface area contributed by atoms with Crippen LogP contribution in [0.25, 0.3) is 0 Å². The van der Waals surface area contributed by atoms with E-state index in [1.165, 1.54) is 44.9 Å². The molecule has 4 aliphatic rings. The van der Waals surface area contributed by atoms with Crippen molar-refractivity contribution < 1.29 is 53.1 Å². The third-order valence-corrected chi connectivity index (χ3v) is 14.4. The van der Waals surface area contributed by atoms with E-state index in [9.17, 15) is 15.0 Å². The first-order valence-corrected chi connectivity index (χ1v) is 26.8. The number of hydrogen-bond acceptors (Lipinski definition) is 12. The van der Waals surface area contributed by atoms with Crippen molar-refractivity contribution >= 4 is 18.1 Å². The summed E-state index contributed by atoms with van der Waals surface area (Å²) < 4.78 is 39.1. The number of unbranched alkanes of at least 4 members (excludes halogenated alkanes) is 11. The number of fused-ring (bicyclic) bond motifs is 3. The summed E-state index contributed by atoms with van der Waals surface area (Å²) in [6.45, 7) is 13.0. The van der Waals surface area contributed by atoms with Crippen LogP contribution in [0.1, 0.15) is 164 Å². The third-order valence-electron chi connectivity index (χ3n) is 14.4. The van der Waals surface area contributed by atoms with Crippen LogP contribution in [0, 0.1) is 17.8 Å². The minimum Gasteiger partial charge on any atom is -0.459 e. The van der Waals surface area contributed by atoms with E-state index >= 15 is 4.79 Å². The Hall–Kier alpha value is -5.37. The Balaban J connectivity index is 1.35. The Bertz CT molecular complexity index is 2310. The predicted octanol–water partition coefficient (Wildman–Crippen LogP) is 13.0. The van der Waals surface area contributed by atoms with Gasteiger partial charge in [0.05, 0.1) is 24.8 Å². The zero-order chi connectivity index (χ0) is 50.9. The fraction of sp³-hybridized carbons (Fsp3) is 0.576. The molecule has 2 aliphatic carbocycles. The number of allylic oxidation sites excluding steroid dienone is 1. The third kappa shape index (κ3) is 13.8. The minimum atomic E-state index is -1.50. The van der Waals surface area contributed by atoms with Crippen LogP contribution in [0.15, 0.2) is 90.1 Å². The topological polar surface area (TPSA) is 155 Å². The van der Waals surface area contributed by atoms with Gasteiger partial charge in [-0.25, -0.2) is 4.79 Å². The quantitative estimate of drug-likeness (QED) is 0.0295. The van der Waals surface area contributed by atoms with Gasteiger partial charge in [0, 0.05) is 43.2 Å². The van der Waals surface area contributed by atoms with E-state index in [1.807, 2.05) is 63.2 Å². The fourth-order valence-corrected chi connectivity index (χ4v) is 11.1. The van der Waals surface area contributed by atoms with Crippen molar-refractivity contribution in [2.45, 2.75) is 167 Å². The van der Waals surface area contributed by atoms with E-state index in [4.69, 9.17) is 38.4 Å². The number of nitrogens with zero attached hydrogens (tertiary/aromatic N) is 2. The van der Waals surface area contributed by atoms with Gasteiger partial charge in [-0.2, -0.15) is 0 Å². The number of hydrogen-bond donors (Lipinski definition) is 2. The molecule has 6 unspecified atom stereocenters. The molecule has 1 saturated carbocycles. The van der Waals surface area contributed by atoms with Crippen molar-refractivity contribution in [2.24, 2.45) is 22.9 Å². The van der Waals surface area contributed by atoms with E-state index in [1.54, 1.807) is 29.2 Å². The highest BCUT2D eigenvalue weighted by atomic mass is 16.7. The van der Waals surface area contributed by atoms with Gasteiger partial charge in [0.25, 0.3) is 0 Å². The second-order valence-electron chi connectivity index (χ2n) is 20.9. The van der Waals surface area contributed by atoms with Crippen LogP contribution in [0.2, 0.25) is 0 Å². The van der Waals surface area contributed by atoms with Gasteiger partial charge in [-0.15, -0.1) is 6.58 Å². The van der Waals surface area contributed by atoms with Gasteiger partial charge in [0.1, 0.15) is 35.2 Å². The van der Waals surface area contributed by atoms with E-state index in [0.717, 1.165) is 67.9 Å². The molecule has 3 aromatic rings. The molecule has 2 aliphatic heterocycles. The van der Waals surface area contributed by atoms with Crippen LogP contribution >= 0.6 is 0 Å². The Kier molecular flexibility index (Phi) is 20.1. The SMILES string of the molecule is C=CCOC12Oc3ccc(Oc4cccc(C=O)c4)cc3C3C(CCCCO)C(CCCCO)C=C(C(=NOC(C)(C)C)CC1N(Cc1ccc4c(c1)OCO4)C(=O)OCCCCCCCCCCCC)C32. The molecule has 1 fully saturated rings. The summed E-state index contributed by atoms with van der Waals surface area (Å²) >= 11 is 0. The van der Waals surface area contributed by atoms with Gasteiger partial charge in [-0.1, -0.05) is 113 Å². The first-order valence-electron chi connectivity index (χ1n) is 26.8. The molecular formula is C59H80N2O11. The summed E-state index contributed by atoms with van der Waals surface area (Å²) in [5.41, 5.74) is 3.20. The number of aldehydes is 1. The lowest BCUT2D eigenvalue weighted by Gasteiger charge is -2.60. The lowest BCUT2D eigenvalue weighted by atomic mass is 9.55. The van der Waals surface area contributed by atoms with Crippen LogP contribution < -0.4 is 18.9 Å². The molecule has 7 rings (SSSR count). The highest BCUT2D eigenvalue weighted by Gasteiger charge is 2.66. The van der Waals surface area contributed by atoms with Gasteiger partial charge in [-0.3, -0.25) is 9.69 Å². The Morgan fingerprint density at radius 3 is 2.28 bits per heavy atom.